The number of hydrogen-bond donors (Lipinski definition) is 1. The van der Waals surface area contributed by atoms with Crippen LogP contribution in [0.4, 0.5) is 0 Å². The van der Waals surface area contributed by atoms with E-state index in [0.29, 0.717) is 6.04 Å². The van der Waals surface area contributed by atoms with E-state index in [1.807, 2.05) is 11.6 Å². The highest BCUT2D eigenvalue weighted by Crippen LogP contribution is 2.35. The average Bonchev–Trinajstić information content (AvgIpc) is 3.03. The average molecular weight is 313 g/mol. The molecule has 0 unspecified atom stereocenters. The van der Waals surface area contributed by atoms with Crippen molar-refractivity contribution in [1.29, 1.82) is 0 Å². The first-order chi connectivity index (χ1) is 10.4. The van der Waals surface area contributed by atoms with Crippen LogP contribution in [0, 0.1) is 0 Å². The Balaban J connectivity index is 1.71. The molecular weight excluding hydrogens is 298 g/mol. The lowest BCUT2D eigenvalue weighted by Crippen LogP contribution is -2.16. The molecular formula is C16H15N3S2. The van der Waals surface area contributed by atoms with Gasteiger partial charge >= 0.3 is 0 Å². The summed E-state index contributed by atoms with van der Waals surface area (Å²) in [6.45, 7) is 0.843. The molecule has 2 heterocycles. The van der Waals surface area contributed by atoms with Crippen LogP contribution in [0.3, 0.4) is 0 Å². The summed E-state index contributed by atoms with van der Waals surface area (Å²) < 4.78 is 0. The number of hydrogen-bond acceptors (Lipinski definition) is 5. The zero-order chi connectivity index (χ0) is 14.1. The van der Waals surface area contributed by atoms with E-state index in [9.17, 15) is 0 Å². The van der Waals surface area contributed by atoms with E-state index in [0.717, 1.165) is 22.9 Å². The maximum absolute atomic E-state index is 4.83. The fraction of sp³-hybridized carbons (Fsp3) is 0.250. The molecule has 106 valence electrons. The highest BCUT2D eigenvalue weighted by Gasteiger charge is 2.22. The molecule has 0 aliphatic heterocycles. The van der Waals surface area contributed by atoms with Crippen molar-refractivity contribution < 1.29 is 0 Å². The number of rotatable bonds is 5. The Morgan fingerprint density at radius 3 is 2.76 bits per heavy atom. The first-order valence-electron chi connectivity index (χ1n) is 7.07. The molecule has 1 fully saturated rings. The van der Waals surface area contributed by atoms with E-state index < -0.39 is 0 Å². The van der Waals surface area contributed by atoms with E-state index >= 15 is 0 Å². The summed E-state index contributed by atoms with van der Waals surface area (Å²) in [6.07, 6.45) is 2.59. The van der Waals surface area contributed by atoms with Gasteiger partial charge in [-0.1, -0.05) is 30.3 Å². The van der Waals surface area contributed by atoms with Crippen molar-refractivity contribution in [2.45, 2.75) is 25.4 Å². The van der Waals surface area contributed by atoms with Crippen molar-refractivity contribution in [3.05, 3.63) is 46.9 Å². The molecule has 0 amide bonds. The lowest BCUT2D eigenvalue weighted by Gasteiger charge is -2.03. The van der Waals surface area contributed by atoms with Gasteiger partial charge in [0, 0.05) is 18.0 Å². The minimum Gasteiger partial charge on any atom is -0.308 e. The van der Waals surface area contributed by atoms with Crippen LogP contribution in [0.25, 0.3) is 21.1 Å². The molecule has 1 aromatic carbocycles. The van der Waals surface area contributed by atoms with E-state index in [4.69, 9.17) is 4.98 Å². The number of benzene rings is 1. The van der Waals surface area contributed by atoms with E-state index in [1.165, 1.54) is 23.3 Å². The second kappa shape index (κ2) is 5.67. The summed E-state index contributed by atoms with van der Waals surface area (Å²) in [5.74, 6) is 0. The van der Waals surface area contributed by atoms with Crippen molar-refractivity contribution in [2.24, 2.45) is 0 Å². The Hall–Kier alpha value is -1.56. The lowest BCUT2D eigenvalue weighted by molar-refractivity contribution is 0.678. The summed E-state index contributed by atoms with van der Waals surface area (Å²) in [7, 11) is 0. The standard InChI is InChI=1S/C16H15N3S2/c1-2-4-11(5-3-1)15-13(8-17-12-6-7-12)19-16(21-15)14-9-20-10-18-14/h1-5,9-10,12,17H,6-8H2. The topological polar surface area (TPSA) is 37.8 Å². The zero-order valence-corrected chi connectivity index (χ0v) is 13.1. The van der Waals surface area contributed by atoms with Crippen LogP contribution in [-0.2, 0) is 6.54 Å². The summed E-state index contributed by atoms with van der Waals surface area (Å²) in [6, 6.07) is 11.2. The maximum atomic E-state index is 4.83. The molecule has 1 N–H and O–H groups in total. The van der Waals surface area contributed by atoms with Gasteiger partial charge in [-0.15, -0.1) is 22.7 Å². The third-order valence-electron chi connectivity index (χ3n) is 3.52. The Labute approximate surface area is 131 Å². The van der Waals surface area contributed by atoms with E-state index in [2.05, 4.69) is 39.9 Å². The van der Waals surface area contributed by atoms with E-state index in [-0.39, 0.29) is 0 Å². The number of aromatic nitrogens is 2. The predicted molar refractivity (Wildman–Crippen MR) is 88.5 cm³/mol. The molecule has 0 radical (unpaired) electrons. The van der Waals surface area contributed by atoms with Crippen LogP contribution in [0.15, 0.2) is 41.2 Å². The van der Waals surface area contributed by atoms with Crippen molar-refractivity contribution in [3.8, 4) is 21.1 Å². The van der Waals surface area contributed by atoms with Crippen molar-refractivity contribution in [1.82, 2.24) is 15.3 Å². The lowest BCUT2D eigenvalue weighted by atomic mass is 10.1. The zero-order valence-electron chi connectivity index (χ0n) is 11.5. The molecule has 5 heteroatoms. The Morgan fingerprint density at radius 2 is 2.05 bits per heavy atom. The van der Waals surface area contributed by atoms with Gasteiger partial charge in [0.25, 0.3) is 0 Å². The van der Waals surface area contributed by atoms with Crippen molar-refractivity contribution in [2.75, 3.05) is 0 Å². The fourth-order valence-corrected chi connectivity index (χ4v) is 3.91. The maximum Gasteiger partial charge on any atom is 0.143 e. The number of nitrogens with zero attached hydrogens (tertiary/aromatic N) is 2. The summed E-state index contributed by atoms with van der Waals surface area (Å²) in [5, 5.41) is 6.65. The van der Waals surface area contributed by atoms with Gasteiger partial charge < -0.3 is 5.32 Å². The molecule has 0 saturated heterocycles. The van der Waals surface area contributed by atoms with Gasteiger partial charge in [-0.2, -0.15) is 0 Å². The van der Waals surface area contributed by atoms with Gasteiger partial charge in [-0.25, -0.2) is 9.97 Å². The number of thiazole rings is 2. The first kappa shape index (κ1) is 13.1. The van der Waals surface area contributed by atoms with Gasteiger partial charge in [0.1, 0.15) is 10.7 Å². The van der Waals surface area contributed by atoms with Crippen LogP contribution < -0.4 is 5.32 Å². The van der Waals surface area contributed by atoms with Gasteiger partial charge in [0.15, 0.2) is 0 Å². The largest absolute Gasteiger partial charge is 0.308 e. The van der Waals surface area contributed by atoms with Crippen LogP contribution in [0.2, 0.25) is 0 Å². The molecule has 3 nitrogen and oxygen atoms in total. The number of nitrogens with one attached hydrogen (secondary N) is 1. The smallest absolute Gasteiger partial charge is 0.143 e. The molecule has 0 atom stereocenters. The van der Waals surface area contributed by atoms with Crippen molar-refractivity contribution in [3.63, 3.8) is 0 Å². The second-order valence-electron chi connectivity index (χ2n) is 5.19. The molecule has 2 aromatic heterocycles. The molecule has 3 aromatic rings. The van der Waals surface area contributed by atoms with Crippen LogP contribution in [0.5, 0.6) is 0 Å². The SMILES string of the molecule is c1ccc(-c2sc(-c3cscn3)nc2CNC2CC2)cc1. The van der Waals surface area contributed by atoms with Crippen LogP contribution in [0.1, 0.15) is 18.5 Å². The summed E-state index contributed by atoms with van der Waals surface area (Å²) >= 11 is 3.35. The van der Waals surface area contributed by atoms with Gasteiger partial charge in [-0.05, 0) is 18.4 Å². The molecule has 4 rings (SSSR count). The molecule has 1 aliphatic rings. The van der Waals surface area contributed by atoms with Crippen LogP contribution >= 0.6 is 22.7 Å². The Kier molecular flexibility index (Phi) is 3.55. The Morgan fingerprint density at radius 1 is 1.19 bits per heavy atom. The monoisotopic (exact) mass is 313 g/mol. The summed E-state index contributed by atoms with van der Waals surface area (Å²) in [5.41, 5.74) is 5.23. The third kappa shape index (κ3) is 2.90. The van der Waals surface area contributed by atoms with Gasteiger partial charge in [0.05, 0.1) is 16.1 Å². The minimum absolute atomic E-state index is 0.693. The molecule has 1 aliphatic carbocycles. The predicted octanol–water partition coefficient (Wildman–Crippen LogP) is 4.19. The molecule has 1 saturated carbocycles. The first-order valence-corrected chi connectivity index (χ1v) is 8.83. The van der Waals surface area contributed by atoms with Crippen LogP contribution in [-0.4, -0.2) is 16.0 Å². The molecule has 0 spiro atoms. The molecule has 0 bridgehead atoms. The quantitative estimate of drug-likeness (QED) is 0.767. The van der Waals surface area contributed by atoms with Gasteiger partial charge in [0.2, 0.25) is 0 Å². The normalized spacial score (nSPS) is 14.5. The second-order valence-corrected chi connectivity index (χ2v) is 6.91. The minimum atomic E-state index is 0.693. The molecule has 21 heavy (non-hydrogen) atoms. The Bertz CT molecular complexity index is 715. The van der Waals surface area contributed by atoms with E-state index in [1.54, 1.807) is 22.7 Å². The third-order valence-corrected chi connectivity index (χ3v) is 5.28. The highest BCUT2D eigenvalue weighted by atomic mass is 32.1. The van der Waals surface area contributed by atoms with Crippen molar-refractivity contribution >= 4 is 22.7 Å². The van der Waals surface area contributed by atoms with Gasteiger partial charge in [-0.3, -0.25) is 0 Å². The highest BCUT2D eigenvalue weighted by molar-refractivity contribution is 7.18. The fourth-order valence-electron chi connectivity index (χ4n) is 2.24. The summed E-state index contributed by atoms with van der Waals surface area (Å²) in [4.78, 5) is 10.5.